The summed E-state index contributed by atoms with van der Waals surface area (Å²) in [5.41, 5.74) is 0.325. The van der Waals surface area contributed by atoms with Crippen molar-refractivity contribution in [2.45, 2.75) is 18.9 Å². The number of piperidine rings is 1. The first-order valence-electron chi connectivity index (χ1n) is 6.61. The lowest BCUT2D eigenvalue weighted by Crippen LogP contribution is -2.48. The summed E-state index contributed by atoms with van der Waals surface area (Å²) in [5, 5.41) is 2.80. The van der Waals surface area contributed by atoms with Gasteiger partial charge < -0.3 is 10.2 Å². The van der Waals surface area contributed by atoms with Gasteiger partial charge in [-0.1, -0.05) is 0 Å². The van der Waals surface area contributed by atoms with Crippen LogP contribution in [0, 0.1) is 11.7 Å². The molecule has 1 N–H and O–H groups in total. The van der Waals surface area contributed by atoms with Crippen LogP contribution in [0.2, 0.25) is 0 Å². The van der Waals surface area contributed by atoms with E-state index in [-0.39, 0.29) is 23.8 Å². The monoisotopic (exact) mass is 340 g/mol. The van der Waals surface area contributed by atoms with E-state index >= 15 is 0 Å². The number of likely N-dealkylation sites (tertiary alicyclic amines) is 1. The zero-order valence-electron chi connectivity index (χ0n) is 10.7. The molecule has 0 radical (unpaired) electrons. The van der Waals surface area contributed by atoms with Crippen molar-refractivity contribution in [2.75, 3.05) is 13.1 Å². The van der Waals surface area contributed by atoms with Crippen molar-refractivity contribution < 1.29 is 14.0 Å². The number of carbonyl (C=O) groups excluding carboxylic acids is 2. The molecule has 2 amide bonds. The molecule has 0 aliphatic carbocycles. The maximum absolute atomic E-state index is 13.6. The number of rotatable bonds is 1. The second-order valence-electron chi connectivity index (χ2n) is 5.19. The number of fused-ring (bicyclic) bond motifs is 1. The summed E-state index contributed by atoms with van der Waals surface area (Å²) < 4.78 is 13.9. The largest absolute Gasteiger partial charge is 0.354 e. The van der Waals surface area contributed by atoms with E-state index in [4.69, 9.17) is 0 Å². The predicted molar refractivity (Wildman–Crippen MR) is 74.7 cm³/mol. The van der Waals surface area contributed by atoms with E-state index in [0.717, 1.165) is 12.8 Å². The fourth-order valence-corrected chi connectivity index (χ4v) is 3.25. The normalized spacial score (nSPS) is 25.3. The standard InChI is InChI=1S/C14H14BrFN2O2/c15-10-4-3-8(6-11(10)16)14(20)18-5-1-2-9-12(18)7-17-13(9)19/h3-4,6,9,12H,1-2,5,7H2,(H,17,19). The van der Waals surface area contributed by atoms with Gasteiger partial charge in [-0.2, -0.15) is 0 Å². The molecule has 4 nitrogen and oxygen atoms in total. The first-order valence-corrected chi connectivity index (χ1v) is 7.41. The molecule has 3 rings (SSSR count). The van der Waals surface area contributed by atoms with Crippen molar-refractivity contribution >= 4 is 27.7 Å². The summed E-state index contributed by atoms with van der Waals surface area (Å²) in [4.78, 5) is 25.9. The van der Waals surface area contributed by atoms with E-state index in [1.165, 1.54) is 12.1 Å². The number of halogens is 2. The van der Waals surface area contributed by atoms with Crippen molar-refractivity contribution in [3.8, 4) is 0 Å². The quantitative estimate of drug-likeness (QED) is 0.849. The molecule has 2 unspecified atom stereocenters. The number of nitrogens with zero attached hydrogens (tertiary/aromatic N) is 1. The maximum atomic E-state index is 13.6. The molecule has 2 aliphatic heterocycles. The van der Waals surface area contributed by atoms with Crippen LogP contribution < -0.4 is 5.32 Å². The van der Waals surface area contributed by atoms with Crippen molar-refractivity contribution in [3.05, 3.63) is 34.1 Å². The van der Waals surface area contributed by atoms with Crippen LogP contribution in [0.5, 0.6) is 0 Å². The molecule has 1 aromatic carbocycles. The number of amides is 2. The highest BCUT2D eigenvalue weighted by atomic mass is 79.9. The lowest BCUT2D eigenvalue weighted by Gasteiger charge is -2.36. The Labute approximate surface area is 124 Å². The molecule has 2 atom stereocenters. The highest BCUT2D eigenvalue weighted by Gasteiger charge is 2.42. The average molecular weight is 341 g/mol. The lowest BCUT2D eigenvalue weighted by atomic mass is 9.91. The number of hydrogen-bond donors (Lipinski definition) is 1. The van der Waals surface area contributed by atoms with Gasteiger partial charge in [-0.3, -0.25) is 9.59 Å². The fraction of sp³-hybridized carbons (Fsp3) is 0.429. The van der Waals surface area contributed by atoms with Gasteiger partial charge in [0, 0.05) is 18.7 Å². The third-order valence-electron chi connectivity index (χ3n) is 4.03. The molecular formula is C14H14BrFN2O2. The molecule has 0 spiro atoms. The zero-order valence-corrected chi connectivity index (χ0v) is 12.3. The number of benzene rings is 1. The van der Waals surface area contributed by atoms with E-state index in [1.807, 2.05) is 0 Å². The van der Waals surface area contributed by atoms with Gasteiger partial charge in [0.1, 0.15) is 5.82 Å². The van der Waals surface area contributed by atoms with Gasteiger partial charge in [-0.25, -0.2) is 4.39 Å². The van der Waals surface area contributed by atoms with E-state index in [2.05, 4.69) is 21.2 Å². The maximum Gasteiger partial charge on any atom is 0.254 e. The summed E-state index contributed by atoms with van der Waals surface area (Å²) in [6.45, 7) is 1.11. The average Bonchev–Trinajstić information content (AvgIpc) is 2.83. The van der Waals surface area contributed by atoms with Crippen molar-refractivity contribution in [2.24, 2.45) is 5.92 Å². The highest BCUT2D eigenvalue weighted by Crippen LogP contribution is 2.29. The Morgan fingerprint density at radius 2 is 2.25 bits per heavy atom. The first-order chi connectivity index (χ1) is 9.58. The Balaban J connectivity index is 1.86. The molecule has 106 valence electrons. The minimum atomic E-state index is -0.454. The Hall–Kier alpha value is -1.43. The van der Waals surface area contributed by atoms with Crippen LogP contribution in [0.1, 0.15) is 23.2 Å². The number of carbonyl (C=O) groups is 2. The third-order valence-corrected chi connectivity index (χ3v) is 4.67. The van der Waals surface area contributed by atoms with Gasteiger partial charge in [0.15, 0.2) is 0 Å². The molecule has 1 aromatic rings. The van der Waals surface area contributed by atoms with Gasteiger partial charge in [-0.05, 0) is 47.0 Å². The summed E-state index contributed by atoms with van der Waals surface area (Å²) in [6.07, 6.45) is 1.62. The van der Waals surface area contributed by atoms with Crippen molar-refractivity contribution in [3.63, 3.8) is 0 Å². The second kappa shape index (κ2) is 5.16. The predicted octanol–water partition coefficient (Wildman–Crippen LogP) is 1.94. The molecule has 0 aromatic heterocycles. The summed E-state index contributed by atoms with van der Waals surface area (Å²) in [5.74, 6) is -0.755. The van der Waals surface area contributed by atoms with Crippen LogP contribution in [-0.2, 0) is 4.79 Å². The van der Waals surface area contributed by atoms with E-state index in [1.54, 1.807) is 11.0 Å². The Bertz CT molecular complexity index is 578. The van der Waals surface area contributed by atoms with Crippen LogP contribution in [-0.4, -0.2) is 35.8 Å². The number of nitrogens with one attached hydrogen (secondary N) is 1. The molecule has 2 saturated heterocycles. The summed E-state index contributed by atoms with van der Waals surface area (Å²) in [6, 6.07) is 4.27. The van der Waals surface area contributed by atoms with E-state index in [9.17, 15) is 14.0 Å². The van der Waals surface area contributed by atoms with Crippen LogP contribution in [0.15, 0.2) is 22.7 Å². The first kappa shape index (κ1) is 13.5. The van der Waals surface area contributed by atoms with Crippen molar-refractivity contribution in [1.29, 1.82) is 0 Å². The smallest absolute Gasteiger partial charge is 0.254 e. The Morgan fingerprint density at radius 3 is 3.00 bits per heavy atom. The molecule has 2 aliphatic rings. The van der Waals surface area contributed by atoms with Gasteiger partial charge in [0.05, 0.1) is 16.4 Å². The molecular weight excluding hydrogens is 327 g/mol. The van der Waals surface area contributed by atoms with Gasteiger partial charge >= 0.3 is 0 Å². The SMILES string of the molecule is O=C1NCC2C1CCCN2C(=O)c1ccc(Br)c(F)c1. The van der Waals surface area contributed by atoms with Crippen LogP contribution in [0.4, 0.5) is 4.39 Å². The molecule has 2 heterocycles. The van der Waals surface area contributed by atoms with Gasteiger partial charge in [0.25, 0.3) is 5.91 Å². The molecule has 2 fully saturated rings. The van der Waals surface area contributed by atoms with E-state index < -0.39 is 5.82 Å². The Kier molecular flexibility index (Phi) is 3.50. The lowest BCUT2D eigenvalue weighted by molar-refractivity contribution is -0.123. The van der Waals surface area contributed by atoms with Crippen LogP contribution in [0.3, 0.4) is 0 Å². The zero-order chi connectivity index (χ0) is 14.3. The van der Waals surface area contributed by atoms with Crippen LogP contribution >= 0.6 is 15.9 Å². The topological polar surface area (TPSA) is 49.4 Å². The minimum Gasteiger partial charge on any atom is -0.354 e. The van der Waals surface area contributed by atoms with Crippen LogP contribution in [0.25, 0.3) is 0 Å². The van der Waals surface area contributed by atoms with Gasteiger partial charge in [0.2, 0.25) is 5.91 Å². The Morgan fingerprint density at radius 1 is 1.45 bits per heavy atom. The van der Waals surface area contributed by atoms with Crippen molar-refractivity contribution in [1.82, 2.24) is 10.2 Å². The second-order valence-corrected chi connectivity index (χ2v) is 6.04. The number of hydrogen-bond acceptors (Lipinski definition) is 2. The fourth-order valence-electron chi connectivity index (χ4n) is 3.00. The summed E-state index contributed by atoms with van der Waals surface area (Å²) in [7, 11) is 0. The third kappa shape index (κ3) is 2.22. The van der Waals surface area contributed by atoms with Gasteiger partial charge in [-0.15, -0.1) is 0 Å². The van der Waals surface area contributed by atoms with E-state index in [0.29, 0.717) is 23.1 Å². The molecule has 0 bridgehead atoms. The summed E-state index contributed by atoms with van der Waals surface area (Å²) >= 11 is 3.07. The molecule has 0 saturated carbocycles. The highest BCUT2D eigenvalue weighted by molar-refractivity contribution is 9.10. The minimum absolute atomic E-state index is 0.0227. The molecule has 20 heavy (non-hydrogen) atoms. The molecule has 6 heteroatoms.